The monoisotopic (exact) mass is 435 g/mol. The Balaban J connectivity index is 1.60. The molecule has 7 heteroatoms. The average Bonchev–Trinajstić information content (AvgIpc) is 3.29. The second-order valence-corrected chi connectivity index (χ2v) is 9.13. The molecule has 2 aromatic rings. The Morgan fingerprint density at radius 3 is 2.62 bits per heavy atom. The zero-order valence-electron chi connectivity index (χ0n) is 19.3. The number of rotatable bonds is 5. The predicted octanol–water partition coefficient (Wildman–Crippen LogP) is 3.89. The zero-order valence-corrected chi connectivity index (χ0v) is 19.3. The van der Waals surface area contributed by atoms with Gasteiger partial charge in [0.2, 0.25) is 0 Å². The minimum absolute atomic E-state index is 0.0221. The zero-order chi connectivity index (χ0) is 22.7. The molecule has 170 valence electrons. The van der Waals surface area contributed by atoms with E-state index in [2.05, 4.69) is 15.3 Å². The van der Waals surface area contributed by atoms with Crippen molar-refractivity contribution in [3.8, 4) is 0 Å². The molecular weight excluding hydrogens is 402 g/mol. The minimum atomic E-state index is -0.223. The molecule has 1 N–H and O–H groups in total. The van der Waals surface area contributed by atoms with Gasteiger partial charge in [-0.2, -0.15) is 0 Å². The average molecular weight is 436 g/mol. The van der Waals surface area contributed by atoms with Crippen LogP contribution in [-0.2, 0) is 0 Å². The lowest BCUT2D eigenvalue weighted by Gasteiger charge is -2.27. The number of carbonyl (C=O) groups excluding carboxylic acids is 2. The van der Waals surface area contributed by atoms with E-state index < -0.39 is 0 Å². The molecule has 0 spiro atoms. The lowest BCUT2D eigenvalue weighted by molar-refractivity contribution is 0.0728. The highest BCUT2D eigenvalue weighted by Crippen LogP contribution is 2.34. The van der Waals surface area contributed by atoms with Gasteiger partial charge >= 0.3 is 0 Å². The third-order valence-corrected chi connectivity index (χ3v) is 6.56. The van der Waals surface area contributed by atoms with Crippen LogP contribution in [0.3, 0.4) is 0 Å². The summed E-state index contributed by atoms with van der Waals surface area (Å²) in [7, 11) is 3.92. The van der Waals surface area contributed by atoms with E-state index in [0.717, 1.165) is 44.2 Å². The molecule has 0 bridgehead atoms. The van der Waals surface area contributed by atoms with Crippen molar-refractivity contribution in [3.05, 3.63) is 53.1 Å². The van der Waals surface area contributed by atoms with E-state index >= 15 is 0 Å². The summed E-state index contributed by atoms with van der Waals surface area (Å²) >= 11 is 0. The van der Waals surface area contributed by atoms with E-state index in [1.54, 1.807) is 6.20 Å². The number of likely N-dealkylation sites (tertiary alicyclic amines) is 1. The molecule has 2 fully saturated rings. The van der Waals surface area contributed by atoms with Crippen molar-refractivity contribution in [2.24, 2.45) is 0 Å². The Labute approximate surface area is 190 Å². The number of amides is 2. The van der Waals surface area contributed by atoms with Gasteiger partial charge in [-0.05, 0) is 50.8 Å². The Morgan fingerprint density at radius 2 is 1.88 bits per heavy atom. The van der Waals surface area contributed by atoms with Crippen LogP contribution in [0.4, 0.5) is 5.69 Å². The van der Waals surface area contributed by atoms with E-state index in [0.29, 0.717) is 29.2 Å². The summed E-state index contributed by atoms with van der Waals surface area (Å²) in [6.45, 7) is 2.48. The molecule has 4 rings (SSSR count). The molecule has 1 aliphatic carbocycles. The molecule has 7 nitrogen and oxygen atoms in total. The standard InChI is InChI=1S/C25H33N5O2/c1-17-26-16-21(24(31)28-19-10-5-4-6-11-19)23(27-17)22-13-8-14-30(22)25(32)18-9-7-12-20(15-18)29(2)3/h7,9,12,15-16,19,22H,4-6,8,10-11,13-14H2,1-3H3,(H,28,31). The second kappa shape index (κ2) is 9.67. The summed E-state index contributed by atoms with van der Waals surface area (Å²) in [5.74, 6) is 0.468. The van der Waals surface area contributed by atoms with Gasteiger partial charge in [-0.3, -0.25) is 9.59 Å². The number of hydrogen-bond acceptors (Lipinski definition) is 5. The van der Waals surface area contributed by atoms with Gasteiger partial charge in [0.15, 0.2) is 0 Å². The normalized spacial score (nSPS) is 19.1. The number of anilines is 1. The lowest BCUT2D eigenvalue weighted by Crippen LogP contribution is -2.38. The molecule has 1 aliphatic heterocycles. The molecule has 1 saturated heterocycles. The maximum absolute atomic E-state index is 13.5. The van der Waals surface area contributed by atoms with E-state index in [-0.39, 0.29) is 23.9 Å². The van der Waals surface area contributed by atoms with Gasteiger partial charge in [-0.25, -0.2) is 9.97 Å². The van der Waals surface area contributed by atoms with Crippen LogP contribution in [0, 0.1) is 6.92 Å². The van der Waals surface area contributed by atoms with Crippen molar-refractivity contribution >= 4 is 17.5 Å². The van der Waals surface area contributed by atoms with Gasteiger partial charge < -0.3 is 15.1 Å². The van der Waals surface area contributed by atoms with Crippen molar-refractivity contribution in [2.45, 2.75) is 64.0 Å². The van der Waals surface area contributed by atoms with Crippen molar-refractivity contribution in [1.29, 1.82) is 0 Å². The topological polar surface area (TPSA) is 78.4 Å². The summed E-state index contributed by atoms with van der Waals surface area (Å²) < 4.78 is 0. The maximum Gasteiger partial charge on any atom is 0.255 e. The molecule has 2 heterocycles. The predicted molar refractivity (Wildman–Crippen MR) is 125 cm³/mol. The largest absolute Gasteiger partial charge is 0.378 e. The van der Waals surface area contributed by atoms with Gasteiger partial charge in [0.05, 0.1) is 17.3 Å². The van der Waals surface area contributed by atoms with Crippen LogP contribution in [0.15, 0.2) is 30.5 Å². The Bertz CT molecular complexity index is 984. The summed E-state index contributed by atoms with van der Waals surface area (Å²) in [4.78, 5) is 39.4. The second-order valence-electron chi connectivity index (χ2n) is 9.13. The molecule has 1 aromatic heterocycles. The molecule has 2 aliphatic rings. The number of hydrogen-bond donors (Lipinski definition) is 1. The van der Waals surface area contributed by atoms with Crippen molar-refractivity contribution < 1.29 is 9.59 Å². The molecule has 0 radical (unpaired) electrons. The third kappa shape index (κ3) is 4.76. The minimum Gasteiger partial charge on any atom is -0.378 e. The number of carbonyl (C=O) groups is 2. The van der Waals surface area contributed by atoms with Crippen molar-refractivity contribution in [3.63, 3.8) is 0 Å². The Kier molecular flexibility index (Phi) is 6.72. The van der Waals surface area contributed by atoms with Gasteiger partial charge in [-0.15, -0.1) is 0 Å². The van der Waals surface area contributed by atoms with Gasteiger partial charge in [-0.1, -0.05) is 25.3 Å². The highest BCUT2D eigenvalue weighted by molar-refractivity contribution is 5.97. The smallest absolute Gasteiger partial charge is 0.255 e. The third-order valence-electron chi connectivity index (χ3n) is 6.56. The SMILES string of the molecule is Cc1ncc(C(=O)NC2CCCCC2)c(C2CCCN2C(=O)c2cccc(N(C)C)c2)n1. The highest BCUT2D eigenvalue weighted by atomic mass is 16.2. The number of aromatic nitrogens is 2. The summed E-state index contributed by atoms with van der Waals surface area (Å²) in [6.07, 6.45) is 8.88. The Hall–Kier alpha value is -2.96. The molecule has 1 aromatic carbocycles. The van der Waals surface area contributed by atoms with E-state index in [9.17, 15) is 9.59 Å². The van der Waals surface area contributed by atoms with Crippen molar-refractivity contribution in [1.82, 2.24) is 20.2 Å². The fraction of sp³-hybridized carbons (Fsp3) is 0.520. The maximum atomic E-state index is 13.5. The molecule has 1 atom stereocenters. The first kappa shape index (κ1) is 22.2. The molecular formula is C25H33N5O2. The van der Waals surface area contributed by atoms with Crippen LogP contribution in [0.5, 0.6) is 0 Å². The first-order chi connectivity index (χ1) is 15.4. The van der Waals surface area contributed by atoms with Crippen LogP contribution >= 0.6 is 0 Å². The number of nitrogens with one attached hydrogen (secondary N) is 1. The van der Waals surface area contributed by atoms with Gasteiger partial charge in [0.1, 0.15) is 5.82 Å². The van der Waals surface area contributed by atoms with Gasteiger partial charge in [0, 0.05) is 44.1 Å². The summed E-state index contributed by atoms with van der Waals surface area (Å²) in [5, 5.41) is 3.19. The quantitative estimate of drug-likeness (QED) is 0.771. The molecule has 2 amide bonds. The van der Waals surface area contributed by atoms with Crippen LogP contribution in [0.25, 0.3) is 0 Å². The first-order valence-electron chi connectivity index (χ1n) is 11.7. The fourth-order valence-electron chi connectivity index (χ4n) is 4.80. The summed E-state index contributed by atoms with van der Waals surface area (Å²) in [5.41, 5.74) is 2.80. The van der Waals surface area contributed by atoms with E-state index in [4.69, 9.17) is 0 Å². The van der Waals surface area contributed by atoms with Crippen LogP contribution in [0.1, 0.15) is 83.2 Å². The first-order valence-corrected chi connectivity index (χ1v) is 11.7. The van der Waals surface area contributed by atoms with Crippen LogP contribution in [-0.4, -0.2) is 53.4 Å². The van der Waals surface area contributed by atoms with Crippen molar-refractivity contribution in [2.75, 3.05) is 25.5 Å². The fourth-order valence-corrected chi connectivity index (χ4v) is 4.80. The molecule has 32 heavy (non-hydrogen) atoms. The number of benzene rings is 1. The van der Waals surface area contributed by atoms with E-state index in [1.165, 1.54) is 6.42 Å². The summed E-state index contributed by atoms with van der Waals surface area (Å²) in [6, 6.07) is 7.65. The number of aryl methyl sites for hydroxylation is 1. The highest BCUT2D eigenvalue weighted by Gasteiger charge is 2.35. The van der Waals surface area contributed by atoms with Crippen LogP contribution in [0.2, 0.25) is 0 Å². The number of nitrogens with zero attached hydrogens (tertiary/aromatic N) is 4. The molecule has 1 saturated carbocycles. The lowest BCUT2D eigenvalue weighted by atomic mass is 9.95. The Morgan fingerprint density at radius 1 is 1.09 bits per heavy atom. The molecule has 1 unspecified atom stereocenters. The van der Waals surface area contributed by atoms with Crippen LogP contribution < -0.4 is 10.2 Å². The van der Waals surface area contributed by atoms with E-state index in [1.807, 2.05) is 55.1 Å². The van der Waals surface area contributed by atoms with Gasteiger partial charge in [0.25, 0.3) is 11.8 Å².